The van der Waals surface area contributed by atoms with Gasteiger partial charge in [-0.05, 0) is 12.5 Å². The molecule has 0 aliphatic heterocycles. The van der Waals surface area contributed by atoms with Crippen LogP contribution in [0.5, 0.6) is 0 Å². The Morgan fingerprint density at radius 2 is 2.07 bits per heavy atom. The molecule has 0 bridgehead atoms. The molecule has 0 aliphatic carbocycles. The first-order valence-electron chi connectivity index (χ1n) is 4.76. The highest BCUT2D eigenvalue weighted by Gasteiger charge is 2.17. The fraction of sp³-hybridized carbons (Fsp3) is 0.333. The molecule has 2 nitrogen and oxygen atoms in total. The molecular weight excluding hydrogens is 176 g/mol. The van der Waals surface area contributed by atoms with Crippen molar-refractivity contribution < 1.29 is 9.84 Å². The molecule has 0 fully saturated rings. The SMILES string of the molecule is C=C[C@@H](OCC)[C@@H](O)c1ccccc1. The molecule has 1 rings (SSSR count). The van der Waals surface area contributed by atoms with Crippen LogP contribution in [-0.2, 0) is 4.74 Å². The van der Waals surface area contributed by atoms with Gasteiger partial charge in [0.25, 0.3) is 0 Å². The van der Waals surface area contributed by atoms with Crippen molar-refractivity contribution in [2.45, 2.75) is 19.1 Å². The molecule has 0 heterocycles. The maximum absolute atomic E-state index is 9.92. The molecule has 1 N–H and O–H groups in total. The first kappa shape index (κ1) is 11.0. The summed E-state index contributed by atoms with van der Waals surface area (Å²) in [5.74, 6) is 0. The minimum absolute atomic E-state index is 0.331. The minimum atomic E-state index is -0.631. The van der Waals surface area contributed by atoms with Crippen LogP contribution in [0, 0.1) is 0 Å². The van der Waals surface area contributed by atoms with E-state index in [0.717, 1.165) is 5.56 Å². The van der Waals surface area contributed by atoms with Crippen molar-refractivity contribution in [2.75, 3.05) is 6.61 Å². The van der Waals surface area contributed by atoms with E-state index in [9.17, 15) is 5.11 Å². The smallest absolute Gasteiger partial charge is 0.109 e. The Morgan fingerprint density at radius 1 is 1.43 bits per heavy atom. The summed E-state index contributed by atoms with van der Waals surface area (Å²) in [5, 5.41) is 9.92. The van der Waals surface area contributed by atoms with E-state index in [1.807, 2.05) is 37.3 Å². The Labute approximate surface area is 84.8 Å². The van der Waals surface area contributed by atoms with Gasteiger partial charge in [-0.25, -0.2) is 0 Å². The summed E-state index contributed by atoms with van der Waals surface area (Å²) < 4.78 is 5.34. The Morgan fingerprint density at radius 3 is 2.57 bits per heavy atom. The number of aliphatic hydroxyl groups excluding tert-OH is 1. The topological polar surface area (TPSA) is 29.5 Å². The summed E-state index contributed by atoms with van der Waals surface area (Å²) in [5.41, 5.74) is 0.853. The van der Waals surface area contributed by atoms with E-state index in [4.69, 9.17) is 4.74 Å². The average molecular weight is 192 g/mol. The van der Waals surface area contributed by atoms with Gasteiger partial charge in [0, 0.05) is 6.61 Å². The summed E-state index contributed by atoms with van der Waals surface area (Å²) >= 11 is 0. The van der Waals surface area contributed by atoms with Crippen molar-refractivity contribution in [3.63, 3.8) is 0 Å². The van der Waals surface area contributed by atoms with Crippen LogP contribution >= 0.6 is 0 Å². The van der Waals surface area contributed by atoms with E-state index in [0.29, 0.717) is 6.61 Å². The van der Waals surface area contributed by atoms with E-state index in [-0.39, 0.29) is 6.10 Å². The standard InChI is InChI=1S/C12H16O2/c1-3-11(14-4-2)12(13)10-8-6-5-7-9-10/h3,5-9,11-13H,1,4H2,2H3/t11-,12+/m1/s1. The van der Waals surface area contributed by atoms with Crippen molar-refractivity contribution in [3.05, 3.63) is 48.6 Å². The van der Waals surface area contributed by atoms with Crippen molar-refractivity contribution in [1.82, 2.24) is 0 Å². The lowest BCUT2D eigenvalue weighted by molar-refractivity contribution is -0.00555. The first-order valence-corrected chi connectivity index (χ1v) is 4.76. The third-order valence-corrected chi connectivity index (χ3v) is 2.04. The predicted molar refractivity (Wildman–Crippen MR) is 57.0 cm³/mol. The Balaban J connectivity index is 2.72. The zero-order chi connectivity index (χ0) is 10.4. The van der Waals surface area contributed by atoms with E-state index < -0.39 is 6.10 Å². The van der Waals surface area contributed by atoms with Gasteiger partial charge in [0.05, 0.1) is 0 Å². The molecule has 1 aromatic rings. The highest BCUT2D eigenvalue weighted by Crippen LogP contribution is 2.19. The molecule has 0 spiro atoms. The van der Waals surface area contributed by atoms with E-state index in [1.165, 1.54) is 0 Å². The van der Waals surface area contributed by atoms with E-state index in [1.54, 1.807) is 6.08 Å². The van der Waals surface area contributed by atoms with Gasteiger partial charge in [0.15, 0.2) is 0 Å². The van der Waals surface area contributed by atoms with Crippen molar-refractivity contribution in [2.24, 2.45) is 0 Å². The molecule has 0 aromatic heterocycles. The number of rotatable bonds is 5. The maximum atomic E-state index is 9.92. The molecule has 14 heavy (non-hydrogen) atoms. The van der Waals surface area contributed by atoms with Gasteiger partial charge in [-0.1, -0.05) is 36.4 Å². The van der Waals surface area contributed by atoms with Crippen LogP contribution in [-0.4, -0.2) is 17.8 Å². The molecule has 76 valence electrons. The van der Waals surface area contributed by atoms with Crippen LogP contribution in [0.25, 0.3) is 0 Å². The van der Waals surface area contributed by atoms with E-state index in [2.05, 4.69) is 6.58 Å². The lowest BCUT2D eigenvalue weighted by Crippen LogP contribution is -2.19. The van der Waals surface area contributed by atoms with Gasteiger partial charge in [0.1, 0.15) is 12.2 Å². The third-order valence-electron chi connectivity index (χ3n) is 2.04. The maximum Gasteiger partial charge on any atom is 0.109 e. The van der Waals surface area contributed by atoms with Gasteiger partial charge < -0.3 is 9.84 Å². The summed E-state index contributed by atoms with van der Waals surface area (Å²) in [7, 11) is 0. The molecule has 0 radical (unpaired) electrons. The highest BCUT2D eigenvalue weighted by molar-refractivity contribution is 5.19. The van der Waals surface area contributed by atoms with Crippen LogP contribution < -0.4 is 0 Å². The second kappa shape index (κ2) is 5.58. The lowest BCUT2D eigenvalue weighted by atomic mass is 10.0. The van der Waals surface area contributed by atoms with Crippen LogP contribution in [0.3, 0.4) is 0 Å². The second-order valence-corrected chi connectivity index (χ2v) is 3.01. The molecule has 0 amide bonds. The van der Waals surface area contributed by atoms with Crippen LogP contribution in [0.4, 0.5) is 0 Å². The minimum Gasteiger partial charge on any atom is -0.385 e. The summed E-state index contributed by atoms with van der Waals surface area (Å²) in [6.45, 7) is 6.11. The monoisotopic (exact) mass is 192 g/mol. The van der Waals surface area contributed by atoms with Gasteiger partial charge in [-0.2, -0.15) is 0 Å². The van der Waals surface area contributed by atoms with Crippen molar-refractivity contribution in [1.29, 1.82) is 0 Å². The van der Waals surface area contributed by atoms with Crippen LogP contribution in [0.1, 0.15) is 18.6 Å². The molecule has 0 aliphatic rings. The molecular formula is C12H16O2. The number of hydrogen-bond acceptors (Lipinski definition) is 2. The lowest BCUT2D eigenvalue weighted by Gasteiger charge is -2.19. The fourth-order valence-electron chi connectivity index (χ4n) is 1.32. The van der Waals surface area contributed by atoms with Gasteiger partial charge in [-0.3, -0.25) is 0 Å². The van der Waals surface area contributed by atoms with Crippen LogP contribution in [0.2, 0.25) is 0 Å². The number of hydrogen-bond donors (Lipinski definition) is 1. The highest BCUT2D eigenvalue weighted by atomic mass is 16.5. The Hall–Kier alpha value is -1.12. The molecule has 0 unspecified atom stereocenters. The summed E-state index contributed by atoms with van der Waals surface area (Å²) in [4.78, 5) is 0. The molecule has 2 heteroatoms. The zero-order valence-electron chi connectivity index (χ0n) is 8.39. The average Bonchev–Trinajstić information content (AvgIpc) is 2.26. The second-order valence-electron chi connectivity index (χ2n) is 3.01. The Bertz CT molecular complexity index is 269. The number of ether oxygens (including phenoxy) is 1. The predicted octanol–water partition coefficient (Wildman–Crippen LogP) is 2.31. The zero-order valence-corrected chi connectivity index (χ0v) is 8.39. The van der Waals surface area contributed by atoms with Gasteiger partial charge in [-0.15, -0.1) is 6.58 Å². The molecule has 0 saturated heterocycles. The van der Waals surface area contributed by atoms with Gasteiger partial charge >= 0.3 is 0 Å². The Kier molecular flexibility index (Phi) is 4.36. The largest absolute Gasteiger partial charge is 0.385 e. The van der Waals surface area contributed by atoms with Gasteiger partial charge in [0.2, 0.25) is 0 Å². The van der Waals surface area contributed by atoms with Crippen LogP contribution in [0.15, 0.2) is 43.0 Å². The fourth-order valence-corrected chi connectivity index (χ4v) is 1.32. The summed E-state index contributed by atoms with van der Waals surface area (Å²) in [6, 6.07) is 9.45. The molecule has 0 saturated carbocycles. The quantitative estimate of drug-likeness (QED) is 0.725. The molecule has 2 atom stereocenters. The third kappa shape index (κ3) is 2.69. The van der Waals surface area contributed by atoms with Crippen molar-refractivity contribution in [3.8, 4) is 0 Å². The molecule has 1 aromatic carbocycles. The number of aliphatic hydroxyl groups is 1. The van der Waals surface area contributed by atoms with Crippen molar-refractivity contribution >= 4 is 0 Å². The normalized spacial score (nSPS) is 14.7. The van der Waals surface area contributed by atoms with E-state index >= 15 is 0 Å². The first-order chi connectivity index (χ1) is 6.79. The number of benzene rings is 1. The summed E-state index contributed by atoms with van der Waals surface area (Å²) in [6.07, 6.45) is 0.664.